The fraction of sp³-hybridized carbons (Fsp3) is 0.625. The molecule has 0 aromatic heterocycles. The summed E-state index contributed by atoms with van der Waals surface area (Å²) in [6.07, 6.45) is 3.49. The lowest BCUT2D eigenvalue weighted by Crippen LogP contribution is -2.51. The summed E-state index contributed by atoms with van der Waals surface area (Å²) >= 11 is 0. The Morgan fingerprint density at radius 2 is 1.80 bits per heavy atom. The van der Waals surface area contributed by atoms with E-state index in [-0.39, 0.29) is 5.54 Å². The van der Waals surface area contributed by atoms with Crippen LogP contribution in [0.3, 0.4) is 0 Å². The smallest absolute Gasteiger partial charge is 0.160 e. The van der Waals surface area contributed by atoms with Crippen LogP contribution in [0.1, 0.15) is 25.3 Å². The first-order chi connectivity index (χ1) is 9.62. The van der Waals surface area contributed by atoms with Crippen molar-refractivity contribution in [3.8, 4) is 11.5 Å². The van der Waals surface area contributed by atoms with Crippen molar-refractivity contribution in [1.29, 1.82) is 0 Å². The van der Waals surface area contributed by atoms with Crippen LogP contribution in [0.2, 0.25) is 0 Å². The fourth-order valence-corrected chi connectivity index (χ4v) is 3.00. The maximum atomic E-state index is 6.06. The van der Waals surface area contributed by atoms with Gasteiger partial charge in [-0.15, -0.1) is 0 Å². The van der Waals surface area contributed by atoms with E-state index < -0.39 is 0 Å². The molecule has 1 heterocycles. The fourth-order valence-electron chi connectivity index (χ4n) is 3.00. The van der Waals surface area contributed by atoms with Gasteiger partial charge in [-0.1, -0.05) is 6.07 Å². The second kappa shape index (κ2) is 6.46. The molecule has 1 atom stereocenters. The number of nitrogens with zero attached hydrogens (tertiary/aromatic N) is 1. The third kappa shape index (κ3) is 3.07. The Hall–Kier alpha value is -1.26. The minimum absolute atomic E-state index is 0.0239. The quantitative estimate of drug-likeness (QED) is 0.865. The number of methoxy groups -OCH3 is 2. The highest BCUT2D eigenvalue weighted by Crippen LogP contribution is 2.31. The standard InChI is InChI=1S/C16H26N2O2/c1-16(12-17,18-8-4-5-9-18)11-13-6-7-14(19-2)15(10-13)20-3/h6-7,10H,4-5,8-9,11-12,17H2,1-3H3. The van der Waals surface area contributed by atoms with Crippen molar-refractivity contribution in [2.45, 2.75) is 31.7 Å². The van der Waals surface area contributed by atoms with E-state index in [2.05, 4.69) is 24.0 Å². The third-order valence-electron chi connectivity index (χ3n) is 4.34. The number of ether oxygens (including phenoxy) is 2. The molecule has 4 nitrogen and oxygen atoms in total. The Bertz CT molecular complexity index is 444. The Morgan fingerprint density at radius 3 is 2.35 bits per heavy atom. The van der Waals surface area contributed by atoms with Crippen LogP contribution >= 0.6 is 0 Å². The van der Waals surface area contributed by atoms with Gasteiger partial charge < -0.3 is 15.2 Å². The van der Waals surface area contributed by atoms with E-state index in [0.717, 1.165) is 31.0 Å². The van der Waals surface area contributed by atoms with Crippen LogP contribution in [-0.4, -0.2) is 44.3 Å². The lowest BCUT2D eigenvalue weighted by Gasteiger charge is -2.38. The largest absolute Gasteiger partial charge is 0.493 e. The summed E-state index contributed by atoms with van der Waals surface area (Å²) in [7, 11) is 3.33. The van der Waals surface area contributed by atoms with Gasteiger partial charge in [-0.25, -0.2) is 0 Å². The van der Waals surface area contributed by atoms with Gasteiger partial charge in [0.25, 0.3) is 0 Å². The lowest BCUT2D eigenvalue weighted by molar-refractivity contribution is 0.143. The highest BCUT2D eigenvalue weighted by Gasteiger charge is 2.32. The molecule has 1 aromatic carbocycles. The molecule has 2 N–H and O–H groups in total. The first-order valence-electron chi connectivity index (χ1n) is 7.29. The van der Waals surface area contributed by atoms with Gasteiger partial charge in [0.05, 0.1) is 14.2 Å². The molecule has 1 fully saturated rings. The number of rotatable bonds is 6. The molecule has 20 heavy (non-hydrogen) atoms. The van der Waals surface area contributed by atoms with Gasteiger partial charge in [-0.2, -0.15) is 0 Å². The zero-order valence-electron chi connectivity index (χ0n) is 12.8. The van der Waals surface area contributed by atoms with Crippen LogP contribution in [-0.2, 0) is 6.42 Å². The zero-order valence-corrected chi connectivity index (χ0v) is 12.8. The second-order valence-electron chi connectivity index (χ2n) is 5.76. The molecule has 0 spiro atoms. The molecule has 0 aliphatic carbocycles. The first kappa shape index (κ1) is 15.1. The Kier molecular flexibility index (Phi) is 4.89. The van der Waals surface area contributed by atoms with Gasteiger partial charge in [0.1, 0.15) is 0 Å². The summed E-state index contributed by atoms with van der Waals surface area (Å²) in [5, 5.41) is 0. The van der Waals surface area contributed by atoms with Crippen molar-refractivity contribution in [1.82, 2.24) is 4.90 Å². The molecule has 1 aliphatic rings. The lowest BCUT2D eigenvalue weighted by atomic mass is 9.91. The summed E-state index contributed by atoms with van der Waals surface area (Å²) in [5.74, 6) is 1.55. The molecule has 1 unspecified atom stereocenters. The molecular weight excluding hydrogens is 252 g/mol. The molecule has 0 amide bonds. The Balaban J connectivity index is 2.18. The SMILES string of the molecule is COc1ccc(CC(C)(CN)N2CCCC2)cc1OC. The zero-order chi connectivity index (χ0) is 14.6. The molecular formula is C16H26N2O2. The van der Waals surface area contributed by atoms with E-state index in [1.807, 2.05) is 6.07 Å². The number of hydrogen-bond donors (Lipinski definition) is 1. The van der Waals surface area contributed by atoms with Crippen LogP contribution in [0.4, 0.5) is 0 Å². The number of likely N-dealkylation sites (tertiary alicyclic amines) is 1. The summed E-state index contributed by atoms with van der Waals surface area (Å²) in [6, 6.07) is 6.13. The van der Waals surface area contributed by atoms with Gasteiger partial charge >= 0.3 is 0 Å². The van der Waals surface area contributed by atoms with E-state index in [1.165, 1.54) is 18.4 Å². The van der Waals surface area contributed by atoms with Crippen LogP contribution in [0, 0.1) is 0 Å². The predicted octanol–water partition coefficient (Wildman–Crippen LogP) is 2.06. The Morgan fingerprint density at radius 1 is 1.15 bits per heavy atom. The highest BCUT2D eigenvalue weighted by atomic mass is 16.5. The second-order valence-corrected chi connectivity index (χ2v) is 5.76. The molecule has 112 valence electrons. The average molecular weight is 278 g/mol. The van der Waals surface area contributed by atoms with E-state index >= 15 is 0 Å². The molecule has 0 saturated carbocycles. The van der Waals surface area contributed by atoms with Crippen LogP contribution in [0.5, 0.6) is 11.5 Å². The summed E-state index contributed by atoms with van der Waals surface area (Å²) in [5.41, 5.74) is 7.33. The number of benzene rings is 1. The molecule has 2 rings (SSSR count). The van der Waals surface area contributed by atoms with Crippen molar-refractivity contribution in [3.05, 3.63) is 23.8 Å². The van der Waals surface area contributed by atoms with E-state index in [0.29, 0.717) is 6.54 Å². The highest BCUT2D eigenvalue weighted by molar-refractivity contribution is 5.43. The van der Waals surface area contributed by atoms with Crippen molar-refractivity contribution >= 4 is 0 Å². The van der Waals surface area contributed by atoms with Gasteiger partial charge in [-0.05, 0) is 57.0 Å². The van der Waals surface area contributed by atoms with E-state index in [4.69, 9.17) is 15.2 Å². The molecule has 0 radical (unpaired) electrons. The molecule has 1 saturated heterocycles. The normalized spacial score (nSPS) is 18.8. The van der Waals surface area contributed by atoms with Gasteiger partial charge in [0.15, 0.2) is 11.5 Å². The summed E-state index contributed by atoms with van der Waals surface area (Å²) in [4.78, 5) is 2.52. The van der Waals surface area contributed by atoms with Crippen molar-refractivity contribution in [3.63, 3.8) is 0 Å². The van der Waals surface area contributed by atoms with Crippen molar-refractivity contribution < 1.29 is 9.47 Å². The minimum Gasteiger partial charge on any atom is -0.493 e. The third-order valence-corrected chi connectivity index (χ3v) is 4.34. The van der Waals surface area contributed by atoms with E-state index in [9.17, 15) is 0 Å². The van der Waals surface area contributed by atoms with Gasteiger partial charge in [0, 0.05) is 12.1 Å². The molecule has 1 aliphatic heterocycles. The number of hydrogen-bond acceptors (Lipinski definition) is 4. The van der Waals surface area contributed by atoms with Gasteiger partial charge in [0.2, 0.25) is 0 Å². The molecule has 1 aromatic rings. The van der Waals surface area contributed by atoms with Crippen molar-refractivity contribution in [2.75, 3.05) is 33.9 Å². The van der Waals surface area contributed by atoms with Crippen LogP contribution in [0.25, 0.3) is 0 Å². The Labute approximate surface area is 121 Å². The topological polar surface area (TPSA) is 47.7 Å². The minimum atomic E-state index is 0.0239. The summed E-state index contributed by atoms with van der Waals surface area (Å²) in [6.45, 7) is 5.23. The van der Waals surface area contributed by atoms with E-state index in [1.54, 1.807) is 14.2 Å². The molecule has 4 heteroatoms. The molecule has 0 bridgehead atoms. The number of nitrogens with two attached hydrogens (primary N) is 1. The summed E-state index contributed by atoms with van der Waals surface area (Å²) < 4.78 is 10.7. The van der Waals surface area contributed by atoms with Crippen LogP contribution < -0.4 is 15.2 Å². The monoisotopic (exact) mass is 278 g/mol. The first-order valence-corrected chi connectivity index (χ1v) is 7.29. The maximum Gasteiger partial charge on any atom is 0.160 e. The van der Waals surface area contributed by atoms with Gasteiger partial charge in [-0.3, -0.25) is 4.90 Å². The maximum absolute atomic E-state index is 6.06. The average Bonchev–Trinajstić information content (AvgIpc) is 3.01. The van der Waals surface area contributed by atoms with Crippen LogP contribution in [0.15, 0.2) is 18.2 Å². The predicted molar refractivity (Wildman–Crippen MR) is 81.5 cm³/mol. The van der Waals surface area contributed by atoms with Crippen molar-refractivity contribution in [2.24, 2.45) is 5.73 Å².